The molecule has 0 amide bonds. The van der Waals surface area contributed by atoms with Crippen LogP contribution in [0.25, 0.3) is 0 Å². The summed E-state index contributed by atoms with van der Waals surface area (Å²) >= 11 is 0. The Kier molecular flexibility index (Phi) is 12.4. The summed E-state index contributed by atoms with van der Waals surface area (Å²) in [6.07, 6.45) is 13.9. The Bertz CT molecular complexity index is 83.5. The van der Waals surface area contributed by atoms with Crippen molar-refractivity contribution in [3.05, 3.63) is 0 Å². The summed E-state index contributed by atoms with van der Waals surface area (Å²) in [5.41, 5.74) is 0. The molecule has 0 aromatic carbocycles. The van der Waals surface area contributed by atoms with Gasteiger partial charge in [0.1, 0.15) is 0 Å². The molecule has 72 valence electrons. The molecule has 0 aromatic heterocycles. The van der Waals surface area contributed by atoms with Crippen LogP contribution in [-0.2, 0) is 0 Å². The SMILES string of the molecule is C#C.CC.CC1CCC[C@@H](C)C1. The minimum absolute atomic E-state index is 1.01. The second-order valence-corrected chi connectivity index (χ2v) is 3.38. The van der Waals surface area contributed by atoms with Crippen LogP contribution in [-0.4, -0.2) is 0 Å². The molecular weight excluding hydrogens is 144 g/mol. The molecule has 0 aliphatic heterocycles. The maximum atomic E-state index is 4.00. The van der Waals surface area contributed by atoms with E-state index in [0.717, 1.165) is 11.8 Å². The standard InChI is InChI=1S/C8H16.C2H6.C2H2/c1-7-4-3-5-8(2)6-7;2*1-2/h7-8H,3-6H2,1-2H3;1-2H3;1-2H/t7-,8?;;/m1../s1. The number of rotatable bonds is 0. The largest absolute Gasteiger partial charge is 0.124 e. The minimum atomic E-state index is 1.01. The van der Waals surface area contributed by atoms with E-state index in [9.17, 15) is 0 Å². The Balaban J connectivity index is 0. The van der Waals surface area contributed by atoms with Crippen LogP contribution in [0.15, 0.2) is 0 Å². The van der Waals surface area contributed by atoms with Gasteiger partial charge in [-0.1, -0.05) is 47.0 Å². The number of terminal acetylenes is 1. The normalized spacial score (nSPS) is 27.2. The summed E-state index contributed by atoms with van der Waals surface area (Å²) in [4.78, 5) is 0. The molecule has 0 heteroatoms. The van der Waals surface area contributed by atoms with Crippen molar-refractivity contribution in [1.29, 1.82) is 0 Å². The van der Waals surface area contributed by atoms with Crippen LogP contribution in [0.3, 0.4) is 0 Å². The lowest BCUT2D eigenvalue weighted by atomic mass is 9.84. The zero-order valence-electron chi connectivity index (χ0n) is 9.14. The Morgan fingerprint density at radius 1 is 0.917 bits per heavy atom. The molecule has 1 rings (SSSR count). The molecule has 12 heavy (non-hydrogen) atoms. The molecule has 2 atom stereocenters. The van der Waals surface area contributed by atoms with Crippen molar-refractivity contribution in [3.63, 3.8) is 0 Å². The molecule has 0 N–H and O–H groups in total. The molecule has 0 spiro atoms. The van der Waals surface area contributed by atoms with Gasteiger partial charge in [-0.05, 0) is 18.3 Å². The second kappa shape index (κ2) is 10.6. The number of hydrogen-bond donors (Lipinski definition) is 0. The molecule has 0 radical (unpaired) electrons. The quantitative estimate of drug-likeness (QED) is 0.477. The molecular formula is C12H24. The first kappa shape index (κ1) is 14.1. The van der Waals surface area contributed by atoms with Crippen LogP contribution in [0.4, 0.5) is 0 Å². The van der Waals surface area contributed by atoms with Gasteiger partial charge in [0.15, 0.2) is 0 Å². The van der Waals surface area contributed by atoms with Crippen molar-refractivity contribution in [2.45, 2.75) is 53.4 Å². The van der Waals surface area contributed by atoms with Gasteiger partial charge in [-0.3, -0.25) is 0 Å². The third kappa shape index (κ3) is 7.66. The highest BCUT2D eigenvalue weighted by Gasteiger charge is 2.13. The molecule has 1 aliphatic rings. The van der Waals surface area contributed by atoms with E-state index in [1.165, 1.54) is 25.7 Å². The third-order valence-corrected chi connectivity index (χ3v) is 2.20. The highest BCUT2D eigenvalue weighted by molar-refractivity contribution is 4.66. The molecule has 0 heterocycles. The highest BCUT2D eigenvalue weighted by Crippen LogP contribution is 2.27. The first-order valence-electron chi connectivity index (χ1n) is 5.12. The van der Waals surface area contributed by atoms with E-state index in [-0.39, 0.29) is 0 Å². The first-order valence-corrected chi connectivity index (χ1v) is 5.12. The molecule has 0 bridgehead atoms. The van der Waals surface area contributed by atoms with Gasteiger partial charge in [0, 0.05) is 0 Å². The fourth-order valence-corrected chi connectivity index (χ4v) is 1.74. The zero-order valence-corrected chi connectivity index (χ0v) is 9.14. The van der Waals surface area contributed by atoms with Gasteiger partial charge >= 0.3 is 0 Å². The van der Waals surface area contributed by atoms with E-state index in [2.05, 4.69) is 26.7 Å². The van der Waals surface area contributed by atoms with Crippen LogP contribution < -0.4 is 0 Å². The maximum Gasteiger partial charge on any atom is -0.0440 e. The smallest absolute Gasteiger partial charge is 0.0440 e. The van der Waals surface area contributed by atoms with Crippen molar-refractivity contribution in [1.82, 2.24) is 0 Å². The summed E-state index contributed by atoms with van der Waals surface area (Å²) in [5.74, 6) is 2.03. The van der Waals surface area contributed by atoms with Gasteiger partial charge in [0.25, 0.3) is 0 Å². The lowest BCUT2D eigenvalue weighted by molar-refractivity contribution is 0.301. The van der Waals surface area contributed by atoms with E-state index in [1.54, 1.807) is 0 Å². The van der Waals surface area contributed by atoms with E-state index in [4.69, 9.17) is 0 Å². The van der Waals surface area contributed by atoms with Crippen LogP contribution in [0.5, 0.6) is 0 Å². The molecule has 1 aliphatic carbocycles. The highest BCUT2D eigenvalue weighted by atomic mass is 14.2. The van der Waals surface area contributed by atoms with Crippen molar-refractivity contribution in [3.8, 4) is 12.8 Å². The molecule has 0 nitrogen and oxygen atoms in total. The Labute approximate surface area is 78.8 Å². The fourth-order valence-electron chi connectivity index (χ4n) is 1.74. The predicted molar refractivity (Wildman–Crippen MR) is 58.0 cm³/mol. The summed E-state index contributed by atoms with van der Waals surface area (Å²) in [6.45, 7) is 8.74. The Morgan fingerprint density at radius 2 is 1.25 bits per heavy atom. The molecule has 1 saturated carbocycles. The summed E-state index contributed by atoms with van der Waals surface area (Å²) in [6, 6.07) is 0. The topological polar surface area (TPSA) is 0 Å². The van der Waals surface area contributed by atoms with Crippen molar-refractivity contribution < 1.29 is 0 Å². The van der Waals surface area contributed by atoms with Gasteiger partial charge in [-0.2, -0.15) is 0 Å². The predicted octanol–water partition coefficient (Wildman–Crippen LogP) is 4.11. The lowest BCUT2D eigenvalue weighted by Crippen LogP contribution is -2.09. The average Bonchev–Trinajstić information content (AvgIpc) is 2.11. The zero-order chi connectivity index (χ0) is 9.98. The third-order valence-electron chi connectivity index (χ3n) is 2.20. The van der Waals surface area contributed by atoms with E-state index < -0.39 is 0 Å². The Hall–Kier alpha value is -0.440. The van der Waals surface area contributed by atoms with E-state index in [1.807, 2.05) is 13.8 Å². The summed E-state index contributed by atoms with van der Waals surface area (Å²) in [5, 5.41) is 0. The minimum Gasteiger partial charge on any atom is -0.124 e. The van der Waals surface area contributed by atoms with E-state index >= 15 is 0 Å². The first-order chi connectivity index (χ1) is 5.79. The average molecular weight is 168 g/mol. The van der Waals surface area contributed by atoms with Crippen LogP contribution in [0.2, 0.25) is 0 Å². The van der Waals surface area contributed by atoms with Crippen LogP contribution >= 0.6 is 0 Å². The maximum absolute atomic E-state index is 4.00. The van der Waals surface area contributed by atoms with Gasteiger partial charge in [-0.15, -0.1) is 12.8 Å². The van der Waals surface area contributed by atoms with Crippen LogP contribution in [0, 0.1) is 24.7 Å². The molecule has 1 unspecified atom stereocenters. The monoisotopic (exact) mass is 168 g/mol. The van der Waals surface area contributed by atoms with Crippen molar-refractivity contribution >= 4 is 0 Å². The van der Waals surface area contributed by atoms with Gasteiger partial charge < -0.3 is 0 Å². The van der Waals surface area contributed by atoms with Gasteiger partial charge in [0.05, 0.1) is 0 Å². The summed E-state index contributed by atoms with van der Waals surface area (Å²) in [7, 11) is 0. The molecule has 0 saturated heterocycles. The van der Waals surface area contributed by atoms with Gasteiger partial charge in [-0.25, -0.2) is 0 Å². The number of hydrogen-bond acceptors (Lipinski definition) is 0. The van der Waals surface area contributed by atoms with Crippen molar-refractivity contribution in [2.24, 2.45) is 11.8 Å². The Morgan fingerprint density at radius 3 is 1.42 bits per heavy atom. The van der Waals surface area contributed by atoms with E-state index in [0.29, 0.717) is 0 Å². The fraction of sp³-hybridized carbons (Fsp3) is 0.833. The van der Waals surface area contributed by atoms with Crippen molar-refractivity contribution in [2.75, 3.05) is 0 Å². The second-order valence-electron chi connectivity index (χ2n) is 3.38. The molecule has 1 fully saturated rings. The van der Waals surface area contributed by atoms with Crippen LogP contribution in [0.1, 0.15) is 53.4 Å². The molecule has 0 aromatic rings. The summed E-state index contributed by atoms with van der Waals surface area (Å²) < 4.78 is 0. The van der Waals surface area contributed by atoms with Gasteiger partial charge in [0.2, 0.25) is 0 Å². The lowest BCUT2D eigenvalue weighted by Gasteiger charge is -2.22.